The van der Waals surface area contributed by atoms with Crippen molar-refractivity contribution < 1.29 is 4.79 Å². The van der Waals surface area contributed by atoms with E-state index in [1.807, 2.05) is 0 Å². The van der Waals surface area contributed by atoms with Gasteiger partial charge in [0.2, 0.25) is 5.56 Å². The highest BCUT2D eigenvalue weighted by molar-refractivity contribution is 5.92. The quantitative estimate of drug-likeness (QED) is 0.650. The van der Waals surface area contributed by atoms with Gasteiger partial charge in [0.1, 0.15) is 5.69 Å². The molecule has 1 atom stereocenters. The summed E-state index contributed by atoms with van der Waals surface area (Å²) in [5.41, 5.74) is 0.0625. The van der Waals surface area contributed by atoms with Crippen LogP contribution in [0.3, 0.4) is 0 Å². The van der Waals surface area contributed by atoms with E-state index in [1.165, 1.54) is 6.07 Å². The molecule has 16 heavy (non-hydrogen) atoms. The van der Waals surface area contributed by atoms with E-state index in [9.17, 15) is 9.59 Å². The number of aromatic amines is 1. The first-order valence-electron chi connectivity index (χ1n) is 5.46. The van der Waals surface area contributed by atoms with Gasteiger partial charge < -0.3 is 15.6 Å². The minimum Gasteiger partial charge on any atom is -0.347 e. The van der Waals surface area contributed by atoms with Crippen LogP contribution in [0.15, 0.2) is 23.0 Å². The van der Waals surface area contributed by atoms with E-state index in [4.69, 9.17) is 0 Å². The number of carbonyl (C=O) groups excluding carboxylic acids is 1. The highest BCUT2D eigenvalue weighted by Crippen LogP contribution is 2.02. The third-order valence-corrected chi connectivity index (χ3v) is 2.65. The number of piperidine rings is 1. The molecule has 3 N–H and O–H groups in total. The van der Waals surface area contributed by atoms with E-state index < -0.39 is 0 Å². The molecule has 5 nitrogen and oxygen atoms in total. The van der Waals surface area contributed by atoms with Crippen LogP contribution in [0, 0.1) is 0 Å². The molecule has 1 amide bonds. The SMILES string of the molecule is O=C(N[C@@H]1CCCNC1)c1cccc(=O)[nH]1. The summed E-state index contributed by atoms with van der Waals surface area (Å²) < 4.78 is 0. The number of hydrogen-bond donors (Lipinski definition) is 3. The molecule has 0 radical (unpaired) electrons. The van der Waals surface area contributed by atoms with Gasteiger partial charge in [0.05, 0.1) is 0 Å². The van der Waals surface area contributed by atoms with Crippen molar-refractivity contribution in [1.82, 2.24) is 15.6 Å². The van der Waals surface area contributed by atoms with Gasteiger partial charge in [0, 0.05) is 18.7 Å². The normalized spacial score (nSPS) is 20.4. The van der Waals surface area contributed by atoms with Crippen molar-refractivity contribution in [3.63, 3.8) is 0 Å². The lowest BCUT2D eigenvalue weighted by molar-refractivity contribution is 0.0925. The van der Waals surface area contributed by atoms with Crippen LogP contribution < -0.4 is 16.2 Å². The summed E-state index contributed by atoms with van der Waals surface area (Å²) in [5, 5.41) is 6.11. The van der Waals surface area contributed by atoms with Crippen LogP contribution in [0.5, 0.6) is 0 Å². The first-order chi connectivity index (χ1) is 7.75. The molecule has 0 aliphatic carbocycles. The van der Waals surface area contributed by atoms with Gasteiger partial charge in [-0.1, -0.05) is 6.07 Å². The zero-order valence-corrected chi connectivity index (χ0v) is 8.95. The van der Waals surface area contributed by atoms with E-state index in [-0.39, 0.29) is 17.5 Å². The molecule has 86 valence electrons. The lowest BCUT2D eigenvalue weighted by atomic mass is 10.1. The number of pyridine rings is 1. The van der Waals surface area contributed by atoms with Crippen LogP contribution in [0.2, 0.25) is 0 Å². The van der Waals surface area contributed by atoms with Crippen LogP contribution in [-0.4, -0.2) is 30.0 Å². The Hall–Kier alpha value is -1.62. The van der Waals surface area contributed by atoms with E-state index in [2.05, 4.69) is 15.6 Å². The maximum absolute atomic E-state index is 11.8. The Kier molecular flexibility index (Phi) is 3.36. The second-order valence-electron chi connectivity index (χ2n) is 3.95. The van der Waals surface area contributed by atoms with E-state index in [0.29, 0.717) is 5.69 Å². The second kappa shape index (κ2) is 4.94. The molecule has 1 saturated heterocycles. The second-order valence-corrected chi connectivity index (χ2v) is 3.95. The largest absolute Gasteiger partial charge is 0.347 e. The summed E-state index contributed by atoms with van der Waals surface area (Å²) in [6.07, 6.45) is 2.05. The monoisotopic (exact) mass is 221 g/mol. The zero-order chi connectivity index (χ0) is 11.4. The lowest BCUT2D eigenvalue weighted by Gasteiger charge is -2.23. The van der Waals surface area contributed by atoms with Crippen molar-refractivity contribution in [2.24, 2.45) is 0 Å². The molecule has 0 saturated carbocycles. The van der Waals surface area contributed by atoms with Crippen molar-refractivity contribution in [1.29, 1.82) is 0 Å². The molecule has 1 fully saturated rings. The molecule has 2 heterocycles. The van der Waals surface area contributed by atoms with E-state index in [0.717, 1.165) is 25.9 Å². The van der Waals surface area contributed by atoms with Gasteiger partial charge in [-0.25, -0.2) is 0 Å². The average molecular weight is 221 g/mol. The molecule has 1 aromatic rings. The third kappa shape index (κ3) is 2.70. The Balaban J connectivity index is 1.99. The van der Waals surface area contributed by atoms with Gasteiger partial charge in [-0.15, -0.1) is 0 Å². The fourth-order valence-electron chi connectivity index (χ4n) is 1.82. The van der Waals surface area contributed by atoms with Gasteiger partial charge in [-0.05, 0) is 25.5 Å². The number of carbonyl (C=O) groups is 1. The predicted octanol–water partition coefficient (Wildman–Crippen LogP) is -0.143. The van der Waals surface area contributed by atoms with Crippen LogP contribution >= 0.6 is 0 Å². The fraction of sp³-hybridized carbons (Fsp3) is 0.455. The maximum Gasteiger partial charge on any atom is 0.268 e. The van der Waals surface area contributed by atoms with E-state index >= 15 is 0 Å². The van der Waals surface area contributed by atoms with E-state index in [1.54, 1.807) is 12.1 Å². The van der Waals surface area contributed by atoms with Gasteiger partial charge in [0.15, 0.2) is 0 Å². The van der Waals surface area contributed by atoms with Crippen LogP contribution in [0.25, 0.3) is 0 Å². The first kappa shape index (κ1) is 10.9. The Morgan fingerprint density at radius 2 is 2.31 bits per heavy atom. The van der Waals surface area contributed by atoms with Crippen molar-refractivity contribution >= 4 is 5.91 Å². The molecule has 0 aromatic carbocycles. The predicted molar refractivity (Wildman–Crippen MR) is 60.4 cm³/mol. The van der Waals surface area contributed by atoms with Crippen molar-refractivity contribution in [2.75, 3.05) is 13.1 Å². The number of nitrogens with one attached hydrogen (secondary N) is 3. The molecule has 0 spiro atoms. The highest BCUT2D eigenvalue weighted by atomic mass is 16.2. The third-order valence-electron chi connectivity index (χ3n) is 2.65. The van der Waals surface area contributed by atoms with Crippen LogP contribution in [0.1, 0.15) is 23.3 Å². The molecule has 1 aromatic heterocycles. The number of H-pyrrole nitrogens is 1. The molecule has 0 unspecified atom stereocenters. The fourth-order valence-corrected chi connectivity index (χ4v) is 1.82. The molecule has 1 aliphatic rings. The standard InChI is InChI=1S/C11H15N3O2/c15-10-5-1-4-9(14-10)11(16)13-8-3-2-6-12-7-8/h1,4-5,8,12H,2-3,6-7H2,(H,13,16)(H,14,15)/t8-/m1/s1. The summed E-state index contributed by atoms with van der Waals surface area (Å²) in [4.78, 5) is 25.3. The number of amides is 1. The number of rotatable bonds is 2. The number of aromatic nitrogens is 1. The summed E-state index contributed by atoms with van der Waals surface area (Å²) in [6, 6.07) is 4.73. The molecular weight excluding hydrogens is 206 g/mol. The minimum absolute atomic E-state index is 0.157. The summed E-state index contributed by atoms with van der Waals surface area (Å²) >= 11 is 0. The highest BCUT2D eigenvalue weighted by Gasteiger charge is 2.16. The first-order valence-corrected chi connectivity index (χ1v) is 5.46. The van der Waals surface area contributed by atoms with Crippen molar-refractivity contribution in [3.05, 3.63) is 34.2 Å². The van der Waals surface area contributed by atoms with Crippen molar-refractivity contribution in [2.45, 2.75) is 18.9 Å². The minimum atomic E-state index is -0.255. The zero-order valence-electron chi connectivity index (χ0n) is 8.95. The Morgan fingerprint density at radius 3 is 3.00 bits per heavy atom. The average Bonchev–Trinajstić information content (AvgIpc) is 2.30. The number of hydrogen-bond acceptors (Lipinski definition) is 3. The summed E-state index contributed by atoms with van der Waals surface area (Å²) in [6.45, 7) is 1.80. The van der Waals surface area contributed by atoms with Gasteiger partial charge >= 0.3 is 0 Å². The molecule has 0 bridgehead atoms. The maximum atomic E-state index is 11.8. The Bertz CT molecular complexity index is 421. The molecular formula is C11H15N3O2. The van der Waals surface area contributed by atoms with Gasteiger partial charge in [-0.2, -0.15) is 0 Å². The topological polar surface area (TPSA) is 74.0 Å². The van der Waals surface area contributed by atoms with Gasteiger partial charge in [-0.3, -0.25) is 9.59 Å². The molecule has 5 heteroatoms. The van der Waals surface area contributed by atoms with Crippen LogP contribution in [0.4, 0.5) is 0 Å². The smallest absolute Gasteiger partial charge is 0.268 e. The molecule has 2 rings (SSSR count). The Labute approximate surface area is 93.3 Å². The lowest BCUT2D eigenvalue weighted by Crippen LogP contribution is -2.46. The van der Waals surface area contributed by atoms with Crippen LogP contribution in [-0.2, 0) is 0 Å². The van der Waals surface area contributed by atoms with Crippen molar-refractivity contribution in [3.8, 4) is 0 Å². The summed E-state index contributed by atoms with van der Waals surface area (Å²) in [7, 11) is 0. The summed E-state index contributed by atoms with van der Waals surface area (Å²) in [5.74, 6) is -0.216. The molecule has 1 aliphatic heterocycles. The van der Waals surface area contributed by atoms with Gasteiger partial charge in [0.25, 0.3) is 5.91 Å². The Morgan fingerprint density at radius 1 is 1.44 bits per heavy atom.